The Morgan fingerprint density at radius 2 is 1.62 bits per heavy atom. The second kappa shape index (κ2) is 15.9. The Morgan fingerprint density at radius 1 is 1.25 bits per heavy atom. The fourth-order valence-electron chi connectivity index (χ4n) is 0.535. The number of esters is 2. The van der Waals surface area contributed by atoms with Gasteiger partial charge in [-0.15, -0.1) is 0 Å². The highest BCUT2D eigenvalue weighted by Gasteiger charge is 1.93. The van der Waals surface area contributed by atoms with E-state index in [0.717, 1.165) is 0 Å². The minimum Gasteiger partial charge on any atom is -0.466 e. The van der Waals surface area contributed by atoms with Crippen molar-refractivity contribution in [3.63, 3.8) is 0 Å². The molecule has 0 saturated carbocycles. The zero-order valence-electron chi connectivity index (χ0n) is 10.9. The van der Waals surface area contributed by atoms with Crippen molar-refractivity contribution in [2.75, 3.05) is 6.61 Å². The summed E-state index contributed by atoms with van der Waals surface area (Å²) in [5, 5.41) is 7.32. The fourth-order valence-corrected chi connectivity index (χ4v) is 0.535. The van der Waals surface area contributed by atoms with E-state index in [1.807, 2.05) is 13.8 Å². The maximum Gasteiger partial charge on any atom is 0.302 e. The highest BCUT2D eigenvalue weighted by Crippen LogP contribution is 1.85. The van der Waals surface area contributed by atoms with Crippen molar-refractivity contribution >= 4 is 11.9 Å². The highest BCUT2D eigenvalue weighted by atomic mass is 16.5. The maximum absolute atomic E-state index is 10.0. The quantitative estimate of drug-likeness (QED) is 0.680. The van der Waals surface area contributed by atoms with E-state index >= 15 is 0 Å². The van der Waals surface area contributed by atoms with Gasteiger partial charge >= 0.3 is 11.9 Å². The first-order valence-electron chi connectivity index (χ1n) is 4.93. The first kappa shape index (κ1) is 19.9. The first-order valence-corrected chi connectivity index (χ1v) is 4.93. The van der Waals surface area contributed by atoms with Gasteiger partial charge in [0.05, 0.1) is 18.8 Å². The van der Waals surface area contributed by atoms with Crippen molar-refractivity contribution in [1.82, 2.24) is 0 Å². The molecule has 5 heteroatoms. The summed E-state index contributed by atoms with van der Waals surface area (Å²) < 4.78 is 9.01. The lowest BCUT2D eigenvalue weighted by Crippen LogP contribution is -2.06. The molecule has 0 saturated heterocycles. The molecule has 0 aromatic heterocycles. The molecule has 0 aromatic carbocycles. The Labute approximate surface area is 97.3 Å². The highest BCUT2D eigenvalue weighted by molar-refractivity contribution is 5.66. The molecule has 0 rings (SSSR count). The minimum atomic E-state index is -0.213. The number of rotatable bonds is 2. The molecule has 16 heavy (non-hydrogen) atoms. The van der Waals surface area contributed by atoms with Crippen LogP contribution >= 0.6 is 0 Å². The molecular weight excluding hydrogens is 210 g/mol. The molecule has 0 fully saturated rings. The SMILES string of the molecule is CC#N.CC(=O)OC(C)C.CCOC(C)=O. The van der Waals surface area contributed by atoms with E-state index in [9.17, 15) is 9.59 Å². The topological polar surface area (TPSA) is 76.4 Å². The van der Waals surface area contributed by atoms with E-state index in [1.165, 1.54) is 20.8 Å². The van der Waals surface area contributed by atoms with Gasteiger partial charge in [-0.2, -0.15) is 5.26 Å². The van der Waals surface area contributed by atoms with Gasteiger partial charge in [-0.25, -0.2) is 0 Å². The summed E-state index contributed by atoms with van der Waals surface area (Å²) in [6.07, 6.45) is 0.0255. The number of carbonyl (C=O) groups is 2. The summed E-state index contributed by atoms with van der Waals surface area (Å²) in [7, 11) is 0. The van der Waals surface area contributed by atoms with Gasteiger partial charge in [0.25, 0.3) is 0 Å². The van der Waals surface area contributed by atoms with E-state index in [4.69, 9.17) is 5.26 Å². The normalized spacial score (nSPS) is 7.38. The number of ether oxygens (including phenoxy) is 2. The van der Waals surface area contributed by atoms with Crippen molar-refractivity contribution < 1.29 is 19.1 Å². The van der Waals surface area contributed by atoms with E-state index in [1.54, 1.807) is 13.0 Å². The number of nitrogens with zero attached hydrogens (tertiary/aromatic N) is 1. The summed E-state index contributed by atoms with van der Waals surface area (Å²) >= 11 is 0. The predicted molar refractivity (Wildman–Crippen MR) is 60.5 cm³/mol. The number of hydrogen-bond donors (Lipinski definition) is 0. The number of hydrogen-bond acceptors (Lipinski definition) is 5. The van der Waals surface area contributed by atoms with E-state index in [-0.39, 0.29) is 18.0 Å². The van der Waals surface area contributed by atoms with Crippen LogP contribution < -0.4 is 0 Å². The number of nitriles is 1. The van der Waals surface area contributed by atoms with Crippen LogP contribution in [0.4, 0.5) is 0 Å². The fraction of sp³-hybridized carbons (Fsp3) is 0.727. The molecule has 0 aliphatic heterocycles. The molecule has 0 aromatic rings. The molecule has 0 aliphatic carbocycles. The van der Waals surface area contributed by atoms with Crippen LogP contribution in [0.15, 0.2) is 0 Å². The Hall–Kier alpha value is -1.57. The van der Waals surface area contributed by atoms with Gasteiger partial charge in [0.2, 0.25) is 0 Å². The zero-order chi connectivity index (χ0) is 13.6. The maximum atomic E-state index is 10.0. The lowest BCUT2D eigenvalue weighted by atomic mass is 10.5. The Morgan fingerprint density at radius 3 is 1.62 bits per heavy atom. The molecular formula is C11H21NO4. The van der Waals surface area contributed by atoms with E-state index < -0.39 is 0 Å². The second-order valence-electron chi connectivity index (χ2n) is 2.81. The molecule has 94 valence electrons. The van der Waals surface area contributed by atoms with Gasteiger partial charge in [0, 0.05) is 20.8 Å². The van der Waals surface area contributed by atoms with Crippen molar-refractivity contribution in [2.24, 2.45) is 0 Å². The van der Waals surface area contributed by atoms with Crippen molar-refractivity contribution in [1.29, 1.82) is 5.26 Å². The van der Waals surface area contributed by atoms with Crippen molar-refractivity contribution in [3.05, 3.63) is 0 Å². The van der Waals surface area contributed by atoms with Crippen LogP contribution in [0.5, 0.6) is 0 Å². The summed E-state index contributed by atoms with van der Waals surface area (Å²) in [5.74, 6) is -0.424. The first-order chi connectivity index (χ1) is 7.31. The largest absolute Gasteiger partial charge is 0.466 e. The van der Waals surface area contributed by atoms with Gasteiger partial charge < -0.3 is 9.47 Å². The van der Waals surface area contributed by atoms with Crippen LogP contribution in [0.2, 0.25) is 0 Å². The molecule has 0 atom stereocenters. The summed E-state index contributed by atoms with van der Waals surface area (Å²) in [6.45, 7) is 10.1. The summed E-state index contributed by atoms with van der Waals surface area (Å²) in [5.41, 5.74) is 0. The molecule has 0 heterocycles. The van der Waals surface area contributed by atoms with Gasteiger partial charge in [-0.3, -0.25) is 9.59 Å². The van der Waals surface area contributed by atoms with Crippen LogP contribution in [-0.2, 0) is 19.1 Å². The van der Waals surface area contributed by atoms with Gasteiger partial charge in [-0.1, -0.05) is 0 Å². The molecule has 0 bridgehead atoms. The molecule has 0 radical (unpaired) electrons. The summed E-state index contributed by atoms with van der Waals surface area (Å²) in [4.78, 5) is 19.9. The van der Waals surface area contributed by atoms with Crippen molar-refractivity contribution in [3.8, 4) is 6.07 Å². The molecule has 5 nitrogen and oxygen atoms in total. The number of carbonyl (C=O) groups excluding carboxylic acids is 2. The average Bonchev–Trinajstić information content (AvgIpc) is 2.02. The predicted octanol–water partition coefficient (Wildman–Crippen LogP) is 2.06. The van der Waals surface area contributed by atoms with Gasteiger partial charge in [0.1, 0.15) is 0 Å². The minimum absolute atomic E-state index is 0.0255. The standard InChI is InChI=1S/C5H10O2.C4H8O2.C2H3N/c1-4(2)7-5(3)6;1-3-6-4(2)5;1-2-3/h4H,1-3H3;3H2,1-2H3;1H3. The van der Waals surface area contributed by atoms with Crippen LogP contribution in [0, 0.1) is 11.3 Å². The third-order valence-electron chi connectivity index (χ3n) is 0.749. The van der Waals surface area contributed by atoms with E-state index in [0.29, 0.717) is 6.61 Å². The van der Waals surface area contributed by atoms with Crippen LogP contribution in [-0.4, -0.2) is 24.6 Å². The second-order valence-corrected chi connectivity index (χ2v) is 2.81. The summed E-state index contributed by atoms with van der Waals surface area (Å²) in [6, 6.07) is 1.75. The zero-order valence-corrected chi connectivity index (χ0v) is 10.9. The smallest absolute Gasteiger partial charge is 0.302 e. The van der Waals surface area contributed by atoms with Crippen LogP contribution in [0.25, 0.3) is 0 Å². The lowest BCUT2D eigenvalue weighted by Gasteiger charge is -2.01. The molecule has 0 N–H and O–H groups in total. The Balaban J connectivity index is -0.000000172. The van der Waals surface area contributed by atoms with Gasteiger partial charge in [-0.05, 0) is 20.8 Å². The van der Waals surface area contributed by atoms with Gasteiger partial charge in [0.15, 0.2) is 0 Å². The lowest BCUT2D eigenvalue weighted by molar-refractivity contribution is -0.144. The van der Waals surface area contributed by atoms with Crippen LogP contribution in [0.1, 0.15) is 41.5 Å². The third-order valence-corrected chi connectivity index (χ3v) is 0.749. The molecule has 0 amide bonds. The van der Waals surface area contributed by atoms with Crippen LogP contribution in [0.3, 0.4) is 0 Å². The Bertz CT molecular complexity index is 219. The third kappa shape index (κ3) is 55.1. The average molecular weight is 231 g/mol. The molecule has 0 spiro atoms. The Kier molecular flexibility index (Phi) is 19.8. The molecule has 0 aliphatic rings. The molecule has 0 unspecified atom stereocenters. The van der Waals surface area contributed by atoms with E-state index in [2.05, 4.69) is 9.47 Å². The van der Waals surface area contributed by atoms with Crippen molar-refractivity contribution in [2.45, 2.75) is 47.6 Å². The monoisotopic (exact) mass is 231 g/mol.